The molecule has 0 saturated carbocycles. The molecule has 6 nitrogen and oxygen atoms in total. The lowest BCUT2D eigenvalue weighted by atomic mass is 9.90. The highest BCUT2D eigenvalue weighted by Gasteiger charge is 2.42. The lowest BCUT2D eigenvalue weighted by Crippen LogP contribution is -2.40. The van der Waals surface area contributed by atoms with Crippen molar-refractivity contribution in [3.8, 4) is 0 Å². The molecule has 122 valence electrons. The normalized spacial score (nSPS) is 20.9. The molecule has 1 unspecified atom stereocenters. The molecule has 1 aliphatic heterocycles. The monoisotopic (exact) mass is 316 g/mol. The van der Waals surface area contributed by atoms with E-state index in [-0.39, 0.29) is 12.6 Å². The van der Waals surface area contributed by atoms with Crippen LogP contribution in [0.1, 0.15) is 24.7 Å². The fraction of sp³-hybridized carbons (Fsp3) is 0.412. The fourth-order valence-electron chi connectivity index (χ4n) is 3.03. The van der Waals surface area contributed by atoms with Crippen LogP contribution in [0.2, 0.25) is 0 Å². The number of carboxylic acid groups (broad SMARTS) is 1. The minimum atomic E-state index is -0.857. The summed E-state index contributed by atoms with van der Waals surface area (Å²) < 4.78 is 5.68. The highest BCUT2D eigenvalue weighted by Crippen LogP contribution is 2.30. The maximum Gasteiger partial charge on any atom is 0.317 e. The van der Waals surface area contributed by atoms with Crippen molar-refractivity contribution in [2.75, 3.05) is 13.1 Å². The number of aliphatic carboxylic acids is 1. The smallest absolute Gasteiger partial charge is 0.317 e. The van der Waals surface area contributed by atoms with Gasteiger partial charge in [-0.25, -0.2) is 4.79 Å². The van der Waals surface area contributed by atoms with E-state index >= 15 is 0 Å². The van der Waals surface area contributed by atoms with Gasteiger partial charge in [0.25, 0.3) is 0 Å². The number of hydrogen-bond donors (Lipinski definition) is 2. The number of benzene rings is 1. The van der Waals surface area contributed by atoms with Crippen LogP contribution in [0.3, 0.4) is 0 Å². The molecule has 2 aromatic rings. The number of urea groups is 1. The lowest BCUT2D eigenvalue weighted by Gasteiger charge is -2.20. The molecule has 1 aromatic heterocycles. The number of rotatable bonds is 3. The summed E-state index contributed by atoms with van der Waals surface area (Å²) in [5, 5.41) is 13.1. The van der Waals surface area contributed by atoms with E-state index < -0.39 is 11.4 Å². The number of carbonyl (C=O) groups excluding carboxylic acids is 1. The van der Waals surface area contributed by atoms with E-state index in [0.717, 1.165) is 22.3 Å². The van der Waals surface area contributed by atoms with Crippen LogP contribution in [0.15, 0.2) is 28.7 Å². The topological polar surface area (TPSA) is 82.8 Å². The number of nitrogens with zero attached hydrogens (tertiary/aromatic N) is 1. The maximum atomic E-state index is 12.3. The summed E-state index contributed by atoms with van der Waals surface area (Å²) in [7, 11) is 0. The molecule has 2 heterocycles. The third kappa shape index (κ3) is 2.76. The van der Waals surface area contributed by atoms with E-state index in [0.29, 0.717) is 19.5 Å². The fourth-order valence-corrected chi connectivity index (χ4v) is 3.03. The first-order valence-electron chi connectivity index (χ1n) is 7.64. The minimum Gasteiger partial charge on any atom is -0.481 e. The van der Waals surface area contributed by atoms with E-state index in [9.17, 15) is 14.7 Å². The van der Waals surface area contributed by atoms with Gasteiger partial charge in [0.1, 0.15) is 11.3 Å². The first-order chi connectivity index (χ1) is 10.9. The lowest BCUT2D eigenvalue weighted by molar-refractivity contribution is -0.147. The maximum absolute atomic E-state index is 12.3. The number of aryl methyl sites for hydroxylation is 1. The summed E-state index contributed by atoms with van der Waals surface area (Å²) in [4.78, 5) is 25.1. The molecule has 1 saturated heterocycles. The quantitative estimate of drug-likeness (QED) is 0.912. The number of likely N-dealkylation sites (tertiary alicyclic amines) is 1. The zero-order valence-corrected chi connectivity index (χ0v) is 13.3. The van der Waals surface area contributed by atoms with Crippen molar-refractivity contribution in [3.05, 3.63) is 35.6 Å². The van der Waals surface area contributed by atoms with Crippen molar-refractivity contribution in [1.29, 1.82) is 0 Å². The number of para-hydroxylation sites is 1. The van der Waals surface area contributed by atoms with Gasteiger partial charge in [0.15, 0.2) is 0 Å². The largest absolute Gasteiger partial charge is 0.481 e. The van der Waals surface area contributed by atoms with Gasteiger partial charge < -0.3 is 19.7 Å². The summed E-state index contributed by atoms with van der Waals surface area (Å²) >= 11 is 0. The van der Waals surface area contributed by atoms with Crippen molar-refractivity contribution in [2.45, 2.75) is 26.8 Å². The molecular formula is C17H20N2O4. The molecule has 6 heteroatoms. The summed E-state index contributed by atoms with van der Waals surface area (Å²) in [6.07, 6.45) is 0.476. The Bertz CT molecular complexity index is 767. The van der Waals surface area contributed by atoms with Crippen LogP contribution in [-0.4, -0.2) is 35.1 Å². The molecule has 0 spiro atoms. The summed E-state index contributed by atoms with van der Waals surface area (Å²) in [5.41, 5.74) is 0.901. The standard InChI is InChI=1S/C17H20N2O4/c1-11-13(12-5-3-4-6-14(12)23-11)9-18-16(22)19-8-7-17(2,10-19)15(20)21/h3-6H,7-10H2,1-2H3,(H,18,22)(H,20,21). The highest BCUT2D eigenvalue weighted by atomic mass is 16.4. The molecule has 23 heavy (non-hydrogen) atoms. The Morgan fingerprint density at radius 3 is 2.83 bits per heavy atom. The predicted octanol–water partition coefficient (Wildman–Crippen LogP) is 2.75. The number of nitrogens with one attached hydrogen (secondary N) is 1. The number of furan rings is 1. The Morgan fingerprint density at radius 1 is 1.39 bits per heavy atom. The van der Waals surface area contributed by atoms with E-state index in [1.54, 1.807) is 11.8 Å². The van der Waals surface area contributed by atoms with Crippen LogP contribution in [0.5, 0.6) is 0 Å². The molecule has 2 N–H and O–H groups in total. The molecule has 1 aliphatic rings. The number of carboxylic acids is 1. The number of hydrogen-bond acceptors (Lipinski definition) is 3. The van der Waals surface area contributed by atoms with Gasteiger partial charge in [-0.15, -0.1) is 0 Å². The average molecular weight is 316 g/mol. The number of carbonyl (C=O) groups is 2. The summed E-state index contributed by atoms with van der Waals surface area (Å²) in [6.45, 7) is 4.61. The summed E-state index contributed by atoms with van der Waals surface area (Å²) in [5.74, 6) is -0.0761. The van der Waals surface area contributed by atoms with Crippen molar-refractivity contribution >= 4 is 23.0 Å². The predicted molar refractivity (Wildman–Crippen MR) is 85.1 cm³/mol. The van der Waals surface area contributed by atoms with Gasteiger partial charge in [0.2, 0.25) is 0 Å². The van der Waals surface area contributed by atoms with Crippen LogP contribution in [-0.2, 0) is 11.3 Å². The van der Waals surface area contributed by atoms with Crippen molar-refractivity contribution in [3.63, 3.8) is 0 Å². The average Bonchev–Trinajstić information content (AvgIpc) is 3.06. The Hall–Kier alpha value is -2.50. The molecule has 3 rings (SSSR count). The summed E-state index contributed by atoms with van der Waals surface area (Å²) in [6, 6.07) is 7.46. The van der Waals surface area contributed by atoms with E-state index in [2.05, 4.69) is 5.32 Å². The van der Waals surface area contributed by atoms with Gasteiger partial charge in [-0.1, -0.05) is 18.2 Å². The molecule has 1 fully saturated rings. The van der Waals surface area contributed by atoms with E-state index in [4.69, 9.17) is 4.42 Å². The second kappa shape index (κ2) is 5.61. The molecular weight excluding hydrogens is 296 g/mol. The minimum absolute atomic E-state index is 0.235. The van der Waals surface area contributed by atoms with Gasteiger partial charge in [-0.05, 0) is 26.3 Å². The number of amides is 2. The Balaban J connectivity index is 1.68. The van der Waals surface area contributed by atoms with Gasteiger partial charge in [0, 0.05) is 30.6 Å². The second-order valence-electron chi connectivity index (χ2n) is 6.33. The molecule has 1 aromatic carbocycles. The second-order valence-corrected chi connectivity index (χ2v) is 6.33. The van der Waals surface area contributed by atoms with Gasteiger partial charge >= 0.3 is 12.0 Å². The van der Waals surface area contributed by atoms with Gasteiger partial charge in [0.05, 0.1) is 5.41 Å². The zero-order valence-electron chi connectivity index (χ0n) is 13.3. The highest BCUT2D eigenvalue weighted by molar-refractivity contribution is 5.83. The third-order valence-corrected chi connectivity index (χ3v) is 4.59. The molecule has 2 amide bonds. The van der Waals surface area contributed by atoms with Crippen LogP contribution in [0, 0.1) is 12.3 Å². The molecule has 0 bridgehead atoms. The van der Waals surface area contributed by atoms with E-state index in [1.807, 2.05) is 31.2 Å². The SMILES string of the molecule is Cc1oc2ccccc2c1CNC(=O)N1CCC(C)(C(=O)O)C1. The molecule has 0 aliphatic carbocycles. The Kier molecular flexibility index (Phi) is 3.75. The Labute approximate surface area is 134 Å². The van der Waals surface area contributed by atoms with Crippen LogP contribution >= 0.6 is 0 Å². The third-order valence-electron chi connectivity index (χ3n) is 4.59. The Morgan fingerprint density at radius 2 is 2.13 bits per heavy atom. The van der Waals surface area contributed by atoms with Crippen LogP contribution in [0.4, 0.5) is 4.79 Å². The first kappa shape index (κ1) is 15.4. The zero-order chi connectivity index (χ0) is 16.6. The van der Waals surface area contributed by atoms with Crippen molar-refractivity contribution < 1.29 is 19.1 Å². The first-order valence-corrected chi connectivity index (χ1v) is 7.64. The van der Waals surface area contributed by atoms with E-state index in [1.165, 1.54) is 0 Å². The van der Waals surface area contributed by atoms with Gasteiger partial charge in [-0.3, -0.25) is 4.79 Å². The van der Waals surface area contributed by atoms with Crippen LogP contribution < -0.4 is 5.32 Å². The van der Waals surface area contributed by atoms with Crippen LogP contribution in [0.25, 0.3) is 11.0 Å². The molecule has 1 atom stereocenters. The number of fused-ring (bicyclic) bond motifs is 1. The van der Waals surface area contributed by atoms with Crippen molar-refractivity contribution in [1.82, 2.24) is 10.2 Å². The van der Waals surface area contributed by atoms with Gasteiger partial charge in [-0.2, -0.15) is 0 Å². The molecule has 0 radical (unpaired) electrons. The van der Waals surface area contributed by atoms with Crippen molar-refractivity contribution in [2.24, 2.45) is 5.41 Å².